The highest BCUT2D eigenvalue weighted by Gasteiger charge is 2.06. The van der Waals surface area contributed by atoms with E-state index in [0.29, 0.717) is 12.6 Å². The van der Waals surface area contributed by atoms with Crippen LogP contribution in [-0.4, -0.2) is 12.6 Å². The van der Waals surface area contributed by atoms with E-state index in [4.69, 9.17) is 11.2 Å². The van der Waals surface area contributed by atoms with Crippen LogP contribution < -0.4 is 10.1 Å². The number of rotatable bonds is 7. The lowest BCUT2D eigenvalue weighted by Gasteiger charge is -2.16. The van der Waals surface area contributed by atoms with Crippen LogP contribution >= 0.6 is 0 Å². The van der Waals surface area contributed by atoms with Crippen molar-refractivity contribution in [1.29, 1.82) is 0 Å². The van der Waals surface area contributed by atoms with Crippen LogP contribution in [0.15, 0.2) is 24.3 Å². The van der Waals surface area contributed by atoms with Gasteiger partial charge in [0.15, 0.2) is 0 Å². The van der Waals surface area contributed by atoms with Crippen molar-refractivity contribution in [2.75, 3.05) is 6.61 Å². The van der Waals surface area contributed by atoms with Gasteiger partial charge in [-0.15, -0.1) is 12.3 Å². The van der Waals surface area contributed by atoms with E-state index in [2.05, 4.69) is 24.2 Å². The molecule has 0 aromatic heterocycles. The Morgan fingerprint density at radius 1 is 1.35 bits per heavy atom. The van der Waals surface area contributed by atoms with Gasteiger partial charge >= 0.3 is 0 Å². The van der Waals surface area contributed by atoms with Crippen molar-refractivity contribution in [3.63, 3.8) is 0 Å². The maximum absolute atomic E-state index is 5.58. The van der Waals surface area contributed by atoms with E-state index in [-0.39, 0.29) is 0 Å². The van der Waals surface area contributed by atoms with Crippen LogP contribution in [0.25, 0.3) is 0 Å². The monoisotopic (exact) mass is 231 g/mol. The van der Waals surface area contributed by atoms with Gasteiger partial charge in [-0.25, -0.2) is 0 Å². The zero-order valence-corrected chi connectivity index (χ0v) is 10.7. The summed E-state index contributed by atoms with van der Waals surface area (Å²) >= 11 is 0. The Bertz CT molecular complexity index is 367. The van der Waals surface area contributed by atoms with Crippen LogP contribution in [-0.2, 0) is 6.54 Å². The molecule has 0 amide bonds. The summed E-state index contributed by atoms with van der Waals surface area (Å²) in [5.74, 6) is 3.66. The molecule has 1 N–H and O–H groups in total. The van der Waals surface area contributed by atoms with Crippen LogP contribution in [0.2, 0.25) is 0 Å². The minimum Gasteiger partial charge on any atom is -0.494 e. The summed E-state index contributed by atoms with van der Waals surface area (Å²) in [5.41, 5.74) is 1.19. The van der Waals surface area contributed by atoms with Crippen molar-refractivity contribution < 1.29 is 4.74 Å². The van der Waals surface area contributed by atoms with Gasteiger partial charge in [-0.3, -0.25) is 0 Å². The Balaban J connectivity index is 2.58. The summed E-state index contributed by atoms with van der Waals surface area (Å²) in [6, 6.07) is 8.49. The molecule has 2 heteroatoms. The number of benzene rings is 1. The highest BCUT2D eigenvalue weighted by molar-refractivity contribution is 5.33. The van der Waals surface area contributed by atoms with Gasteiger partial charge < -0.3 is 10.1 Å². The molecular formula is C15H21NO. The normalized spacial score (nSPS) is 11.8. The lowest BCUT2D eigenvalue weighted by atomic mass is 10.1. The zero-order chi connectivity index (χ0) is 12.5. The predicted molar refractivity (Wildman–Crippen MR) is 72.0 cm³/mol. The molecule has 0 fully saturated rings. The lowest BCUT2D eigenvalue weighted by Crippen LogP contribution is -2.27. The summed E-state index contributed by atoms with van der Waals surface area (Å²) in [5, 5.41) is 3.46. The minimum absolute atomic E-state index is 0.384. The largest absolute Gasteiger partial charge is 0.494 e. The van der Waals surface area contributed by atoms with Crippen molar-refractivity contribution in [1.82, 2.24) is 5.32 Å². The maximum Gasteiger partial charge on any atom is 0.123 e. The van der Waals surface area contributed by atoms with E-state index in [1.807, 2.05) is 25.1 Å². The number of hydrogen-bond donors (Lipinski definition) is 1. The van der Waals surface area contributed by atoms with Gasteiger partial charge in [-0.05, 0) is 19.4 Å². The number of ether oxygens (including phenoxy) is 1. The summed E-state index contributed by atoms with van der Waals surface area (Å²) in [6.45, 7) is 5.63. The van der Waals surface area contributed by atoms with Gasteiger partial charge in [0.1, 0.15) is 5.75 Å². The van der Waals surface area contributed by atoms with Crippen LogP contribution in [0, 0.1) is 12.3 Å². The summed E-state index contributed by atoms with van der Waals surface area (Å²) in [6.07, 6.45) is 7.15. The highest BCUT2D eigenvalue weighted by Crippen LogP contribution is 2.17. The van der Waals surface area contributed by atoms with Gasteiger partial charge in [0, 0.05) is 24.6 Å². The predicted octanol–water partition coefficient (Wildman–Crippen LogP) is 2.98. The van der Waals surface area contributed by atoms with Crippen molar-refractivity contribution in [2.45, 2.75) is 39.3 Å². The molecule has 1 unspecified atom stereocenters. The summed E-state index contributed by atoms with van der Waals surface area (Å²) in [7, 11) is 0. The molecule has 0 aliphatic heterocycles. The number of terminal acetylenes is 1. The second kappa shape index (κ2) is 7.76. The van der Waals surface area contributed by atoms with E-state index in [9.17, 15) is 0 Å². The molecule has 1 rings (SSSR count). The second-order valence-electron chi connectivity index (χ2n) is 3.94. The molecular weight excluding hydrogens is 210 g/mol. The molecule has 0 aliphatic rings. The third-order valence-electron chi connectivity index (χ3n) is 2.71. The van der Waals surface area contributed by atoms with E-state index >= 15 is 0 Å². The molecule has 0 heterocycles. The number of para-hydroxylation sites is 1. The Morgan fingerprint density at radius 2 is 2.12 bits per heavy atom. The fourth-order valence-electron chi connectivity index (χ4n) is 1.70. The van der Waals surface area contributed by atoms with E-state index in [1.165, 1.54) is 5.56 Å². The molecule has 1 aromatic carbocycles. The second-order valence-corrected chi connectivity index (χ2v) is 3.94. The van der Waals surface area contributed by atoms with Gasteiger partial charge in [-0.2, -0.15) is 0 Å². The third kappa shape index (κ3) is 4.50. The smallest absolute Gasteiger partial charge is 0.123 e. The molecule has 1 atom stereocenters. The van der Waals surface area contributed by atoms with E-state index < -0.39 is 0 Å². The molecule has 0 spiro atoms. The first-order valence-electron chi connectivity index (χ1n) is 6.19. The minimum atomic E-state index is 0.384. The lowest BCUT2D eigenvalue weighted by molar-refractivity contribution is 0.334. The van der Waals surface area contributed by atoms with Crippen molar-refractivity contribution in [3.05, 3.63) is 29.8 Å². The van der Waals surface area contributed by atoms with Crippen LogP contribution in [0.4, 0.5) is 0 Å². The third-order valence-corrected chi connectivity index (χ3v) is 2.71. The Labute approximate surface area is 104 Å². The van der Waals surface area contributed by atoms with Gasteiger partial charge in [0.05, 0.1) is 6.61 Å². The standard InChI is InChI=1S/C15H21NO/c1-4-9-14(5-2)16-12-13-10-7-8-11-15(13)17-6-3/h1,7-8,10-11,14,16H,5-6,9,12H2,2-3H3. The topological polar surface area (TPSA) is 21.3 Å². The zero-order valence-electron chi connectivity index (χ0n) is 10.7. The van der Waals surface area contributed by atoms with Crippen LogP contribution in [0.1, 0.15) is 32.3 Å². The number of hydrogen-bond acceptors (Lipinski definition) is 2. The van der Waals surface area contributed by atoms with Crippen LogP contribution in [0.5, 0.6) is 5.75 Å². The first-order valence-corrected chi connectivity index (χ1v) is 6.19. The summed E-state index contributed by atoms with van der Waals surface area (Å²) in [4.78, 5) is 0. The fourth-order valence-corrected chi connectivity index (χ4v) is 1.70. The highest BCUT2D eigenvalue weighted by atomic mass is 16.5. The molecule has 0 saturated carbocycles. The van der Waals surface area contributed by atoms with Crippen LogP contribution in [0.3, 0.4) is 0 Å². The number of nitrogens with one attached hydrogen (secondary N) is 1. The molecule has 0 radical (unpaired) electrons. The summed E-state index contributed by atoms with van der Waals surface area (Å²) < 4.78 is 5.58. The average Bonchev–Trinajstić information content (AvgIpc) is 2.36. The Kier molecular flexibility index (Phi) is 6.21. The Morgan fingerprint density at radius 3 is 2.76 bits per heavy atom. The first kappa shape index (κ1) is 13.6. The van der Waals surface area contributed by atoms with Crippen molar-refractivity contribution >= 4 is 0 Å². The Hall–Kier alpha value is -1.46. The van der Waals surface area contributed by atoms with Crippen molar-refractivity contribution in [2.24, 2.45) is 0 Å². The van der Waals surface area contributed by atoms with Gasteiger partial charge in [0.25, 0.3) is 0 Å². The van der Waals surface area contributed by atoms with Gasteiger partial charge in [-0.1, -0.05) is 25.1 Å². The average molecular weight is 231 g/mol. The maximum atomic E-state index is 5.58. The quantitative estimate of drug-likeness (QED) is 0.728. The molecule has 17 heavy (non-hydrogen) atoms. The molecule has 2 nitrogen and oxygen atoms in total. The SMILES string of the molecule is C#CCC(CC)NCc1ccccc1OCC. The van der Waals surface area contributed by atoms with E-state index in [1.54, 1.807) is 0 Å². The molecule has 0 bridgehead atoms. The first-order chi connectivity index (χ1) is 8.31. The molecule has 1 aromatic rings. The van der Waals surface area contributed by atoms with Gasteiger partial charge in [0.2, 0.25) is 0 Å². The van der Waals surface area contributed by atoms with E-state index in [0.717, 1.165) is 25.1 Å². The molecule has 92 valence electrons. The molecule has 0 aliphatic carbocycles. The van der Waals surface area contributed by atoms with Crippen molar-refractivity contribution in [3.8, 4) is 18.1 Å². The molecule has 0 saturated heterocycles. The fraction of sp³-hybridized carbons (Fsp3) is 0.467.